The van der Waals surface area contributed by atoms with Crippen molar-refractivity contribution < 1.29 is 8.78 Å². The van der Waals surface area contributed by atoms with E-state index in [1.54, 1.807) is 6.92 Å². The molecule has 0 amide bonds. The summed E-state index contributed by atoms with van der Waals surface area (Å²) in [5, 5.41) is 3.03. The maximum Gasteiger partial charge on any atom is 0.146 e. The van der Waals surface area contributed by atoms with Gasteiger partial charge in [-0.25, -0.2) is 8.78 Å². The average Bonchev–Trinajstić information content (AvgIpc) is 2.97. The molecule has 82 valence electrons. The Morgan fingerprint density at radius 3 is 2.53 bits per heavy atom. The SMILES string of the molecule is Cc1cc(F)c(NC(C)C2CC2)cc1F. The fourth-order valence-electron chi connectivity index (χ4n) is 1.72. The molecule has 0 aliphatic heterocycles. The van der Waals surface area contributed by atoms with Crippen molar-refractivity contribution in [2.45, 2.75) is 32.7 Å². The van der Waals surface area contributed by atoms with Gasteiger partial charge in [-0.2, -0.15) is 0 Å². The van der Waals surface area contributed by atoms with Crippen LogP contribution in [0.15, 0.2) is 12.1 Å². The van der Waals surface area contributed by atoms with Crippen molar-refractivity contribution in [3.8, 4) is 0 Å². The molecule has 3 heteroatoms. The van der Waals surface area contributed by atoms with E-state index in [9.17, 15) is 8.78 Å². The Labute approximate surface area is 88.5 Å². The highest BCUT2D eigenvalue weighted by molar-refractivity contribution is 5.47. The third-order valence-electron chi connectivity index (χ3n) is 2.96. The van der Waals surface area contributed by atoms with E-state index >= 15 is 0 Å². The van der Waals surface area contributed by atoms with Gasteiger partial charge < -0.3 is 5.32 Å². The highest BCUT2D eigenvalue weighted by atomic mass is 19.1. The molecule has 1 aliphatic rings. The minimum Gasteiger partial charge on any atom is -0.380 e. The summed E-state index contributed by atoms with van der Waals surface area (Å²) in [6.07, 6.45) is 2.37. The second-order valence-electron chi connectivity index (χ2n) is 4.35. The summed E-state index contributed by atoms with van der Waals surface area (Å²) in [5.74, 6) is -0.114. The summed E-state index contributed by atoms with van der Waals surface area (Å²) in [7, 11) is 0. The van der Waals surface area contributed by atoms with Crippen molar-refractivity contribution in [3.63, 3.8) is 0 Å². The lowest BCUT2D eigenvalue weighted by molar-refractivity contribution is 0.589. The van der Waals surface area contributed by atoms with Crippen LogP contribution in [0, 0.1) is 24.5 Å². The molecule has 0 bridgehead atoms. The molecule has 0 aromatic heterocycles. The third kappa shape index (κ3) is 2.28. The van der Waals surface area contributed by atoms with Gasteiger partial charge in [0.05, 0.1) is 5.69 Å². The Hall–Kier alpha value is -1.12. The fraction of sp³-hybridized carbons (Fsp3) is 0.500. The van der Waals surface area contributed by atoms with E-state index in [-0.39, 0.29) is 23.4 Å². The summed E-state index contributed by atoms with van der Waals surface area (Å²) in [6.45, 7) is 3.57. The molecule has 15 heavy (non-hydrogen) atoms. The lowest BCUT2D eigenvalue weighted by Gasteiger charge is -2.15. The van der Waals surface area contributed by atoms with E-state index in [0.29, 0.717) is 11.5 Å². The average molecular weight is 211 g/mol. The van der Waals surface area contributed by atoms with Gasteiger partial charge >= 0.3 is 0 Å². The van der Waals surface area contributed by atoms with Crippen LogP contribution in [0.25, 0.3) is 0 Å². The van der Waals surface area contributed by atoms with E-state index in [1.807, 2.05) is 6.92 Å². The summed E-state index contributed by atoms with van der Waals surface area (Å²) in [5.41, 5.74) is 0.620. The topological polar surface area (TPSA) is 12.0 Å². The summed E-state index contributed by atoms with van der Waals surface area (Å²) in [4.78, 5) is 0. The zero-order valence-corrected chi connectivity index (χ0v) is 8.98. The lowest BCUT2D eigenvalue weighted by Crippen LogP contribution is -2.18. The number of halogens is 2. The first-order valence-electron chi connectivity index (χ1n) is 5.30. The second kappa shape index (κ2) is 3.80. The predicted molar refractivity (Wildman–Crippen MR) is 56.9 cm³/mol. The van der Waals surface area contributed by atoms with Crippen molar-refractivity contribution in [3.05, 3.63) is 29.3 Å². The number of nitrogens with one attached hydrogen (secondary N) is 1. The highest BCUT2D eigenvalue weighted by Gasteiger charge is 2.28. The molecule has 0 spiro atoms. The smallest absolute Gasteiger partial charge is 0.146 e. The summed E-state index contributed by atoms with van der Waals surface area (Å²) in [6, 6.07) is 2.70. The zero-order chi connectivity index (χ0) is 11.0. The molecule has 0 saturated heterocycles. The first-order chi connectivity index (χ1) is 7.08. The van der Waals surface area contributed by atoms with Gasteiger partial charge in [-0.05, 0) is 44.2 Å². The molecule has 1 unspecified atom stereocenters. The van der Waals surface area contributed by atoms with Crippen LogP contribution in [-0.2, 0) is 0 Å². The van der Waals surface area contributed by atoms with Gasteiger partial charge in [-0.1, -0.05) is 0 Å². The van der Waals surface area contributed by atoms with Gasteiger partial charge in [-0.15, -0.1) is 0 Å². The molecule has 1 N–H and O–H groups in total. The number of hydrogen-bond acceptors (Lipinski definition) is 1. The van der Waals surface area contributed by atoms with Crippen molar-refractivity contribution in [1.29, 1.82) is 0 Å². The Balaban J connectivity index is 2.16. The Morgan fingerprint density at radius 1 is 1.27 bits per heavy atom. The molecule has 1 aliphatic carbocycles. The first-order valence-corrected chi connectivity index (χ1v) is 5.30. The van der Waals surface area contributed by atoms with Gasteiger partial charge in [-0.3, -0.25) is 0 Å². The second-order valence-corrected chi connectivity index (χ2v) is 4.35. The number of hydrogen-bond donors (Lipinski definition) is 1. The van der Waals surface area contributed by atoms with Crippen molar-refractivity contribution in [2.24, 2.45) is 5.92 Å². The molecule has 1 aromatic rings. The Kier molecular flexibility index (Phi) is 2.63. The molecule has 1 nitrogen and oxygen atoms in total. The van der Waals surface area contributed by atoms with Gasteiger partial charge in [0.25, 0.3) is 0 Å². The molecule has 2 rings (SSSR count). The van der Waals surface area contributed by atoms with E-state index in [1.165, 1.54) is 25.0 Å². The van der Waals surface area contributed by atoms with Gasteiger partial charge in [0.2, 0.25) is 0 Å². The first kappa shape index (κ1) is 10.4. The van der Waals surface area contributed by atoms with Crippen LogP contribution < -0.4 is 5.32 Å². The van der Waals surface area contributed by atoms with Crippen LogP contribution in [0.4, 0.5) is 14.5 Å². The number of rotatable bonds is 3. The van der Waals surface area contributed by atoms with E-state index in [0.717, 1.165) is 0 Å². The largest absolute Gasteiger partial charge is 0.380 e. The number of benzene rings is 1. The monoisotopic (exact) mass is 211 g/mol. The predicted octanol–water partition coefficient (Wildman–Crippen LogP) is 3.48. The van der Waals surface area contributed by atoms with Crippen LogP contribution in [0.1, 0.15) is 25.3 Å². The van der Waals surface area contributed by atoms with Crippen molar-refractivity contribution in [2.75, 3.05) is 5.32 Å². The molecular formula is C12H15F2N. The Morgan fingerprint density at radius 2 is 1.93 bits per heavy atom. The van der Waals surface area contributed by atoms with Gasteiger partial charge in [0.1, 0.15) is 11.6 Å². The third-order valence-corrected chi connectivity index (χ3v) is 2.96. The van der Waals surface area contributed by atoms with Crippen molar-refractivity contribution in [1.82, 2.24) is 0 Å². The molecule has 1 atom stereocenters. The van der Waals surface area contributed by atoms with Gasteiger partial charge in [0, 0.05) is 12.1 Å². The lowest BCUT2D eigenvalue weighted by atomic mass is 10.1. The molecular weight excluding hydrogens is 196 g/mol. The van der Waals surface area contributed by atoms with E-state index in [4.69, 9.17) is 0 Å². The van der Waals surface area contributed by atoms with Crippen LogP contribution in [-0.4, -0.2) is 6.04 Å². The molecule has 0 radical (unpaired) electrons. The van der Waals surface area contributed by atoms with Crippen LogP contribution in [0.2, 0.25) is 0 Å². The standard InChI is InChI=1S/C12H15F2N/c1-7-5-11(14)12(6-10(7)13)15-8(2)9-3-4-9/h5-6,8-9,15H,3-4H2,1-2H3. The van der Waals surface area contributed by atoms with E-state index < -0.39 is 0 Å². The van der Waals surface area contributed by atoms with Crippen LogP contribution in [0.5, 0.6) is 0 Å². The fourth-order valence-corrected chi connectivity index (χ4v) is 1.72. The number of anilines is 1. The normalized spacial score (nSPS) is 17.6. The summed E-state index contributed by atoms with van der Waals surface area (Å²) >= 11 is 0. The highest BCUT2D eigenvalue weighted by Crippen LogP contribution is 2.34. The Bertz CT molecular complexity index is 372. The minimum absolute atomic E-state index is 0.224. The molecule has 1 saturated carbocycles. The van der Waals surface area contributed by atoms with Gasteiger partial charge in [0.15, 0.2) is 0 Å². The zero-order valence-electron chi connectivity index (χ0n) is 8.98. The quantitative estimate of drug-likeness (QED) is 0.807. The minimum atomic E-state index is -0.374. The summed E-state index contributed by atoms with van der Waals surface area (Å²) < 4.78 is 26.7. The van der Waals surface area contributed by atoms with Crippen molar-refractivity contribution >= 4 is 5.69 Å². The maximum atomic E-state index is 13.4. The van der Waals surface area contributed by atoms with Crippen LogP contribution in [0.3, 0.4) is 0 Å². The molecule has 1 fully saturated rings. The molecule has 0 heterocycles. The maximum absolute atomic E-state index is 13.4. The number of aryl methyl sites for hydroxylation is 1. The van der Waals surface area contributed by atoms with E-state index in [2.05, 4.69) is 5.32 Å². The molecule has 1 aromatic carbocycles. The van der Waals surface area contributed by atoms with Crippen LogP contribution >= 0.6 is 0 Å².